The van der Waals surface area contributed by atoms with Crippen LogP contribution in [0.4, 0.5) is 5.69 Å². The number of aliphatic hydroxyl groups excluding tert-OH is 1. The molecule has 0 radical (unpaired) electrons. The molecule has 3 aliphatic heterocycles. The fourth-order valence-electron chi connectivity index (χ4n) is 7.50. The summed E-state index contributed by atoms with van der Waals surface area (Å²) in [6.45, 7) is 1.89. The van der Waals surface area contributed by atoms with E-state index in [0.29, 0.717) is 42.8 Å². The topological polar surface area (TPSA) is 117 Å². The molecule has 0 saturated carbocycles. The Bertz CT molecular complexity index is 1480. The summed E-state index contributed by atoms with van der Waals surface area (Å²) in [6.07, 6.45) is 1.52. The molecule has 3 aromatic carbocycles. The number of methoxy groups -OCH3 is 1. The van der Waals surface area contributed by atoms with Crippen LogP contribution in [-0.4, -0.2) is 58.7 Å². The number of anilines is 1. The van der Waals surface area contributed by atoms with E-state index in [-0.39, 0.29) is 11.8 Å². The van der Waals surface area contributed by atoms with Gasteiger partial charge in [-0.3, -0.25) is 14.4 Å². The quantitative estimate of drug-likeness (QED) is 0.334. The molecule has 3 N–H and O–H groups in total. The molecule has 3 aliphatic rings. The summed E-state index contributed by atoms with van der Waals surface area (Å²) in [6, 6.07) is 23.9. The highest BCUT2D eigenvalue weighted by Crippen LogP contribution is 2.65. The molecule has 2 bridgehead atoms. The van der Waals surface area contributed by atoms with E-state index < -0.39 is 47.6 Å². The van der Waals surface area contributed by atoms with Crippen LogP contribution in [-0.2, 0) is 25.7 Å². The van der Waals surface area contributed by atoms with E-state index in [1.54, 1.807) is 31.4 Å². The van der Waals surface area contributed by atoms with Crippen LogP contribution in [0.25, 0.3) is 0 Å². The Morgan fingerprint density at radius 1 is 1.00 bits per heavy atom. The van der Waals surface area contributed by atoms with Crippen molar-refractivity contribution >= 4 is 23.4 Å². The molecule has 3 saturated heterocycles. The van der Waals surface area contributed by atoms with Gasteiger partial charge in [0.25, 0.3) is 0 Å². The lowest BCUT2D eigenvalue weighted by atomic mass is 9.65. The van der Waals surface area contributed by atoms with E-state index in [2.05, 4.69) is 10.6 Å². The minimum atomic E-state index is -1.22. The van der Waals surface area contributed by atoms with Crippen molar-refractivity contribution in [3.8, 4) is 5.75 Å². The van der Waals surface area contributed by atoms with Gasteiger partial charge in [0.1, 0.15) is 17.4 Å². The highest BCUT2D eigenvalue weighted by Gasteiger charge is 2.79. The molecule has 6 rings (SSSR count). The van der Waals surface area contributed by atoms with E-state index in [1.165, 1.54) is 4.90 Å². The third-order valence-corrected chi connectivity index (χ3v) is 9.51. The molecule has 43 heavy (non-hydrogen) atoms. The van der Waals surface area contributed by atoms with Crippen molar-refractivity contribution in [2.45, 2.75) is 56.0 Å². The zero-order valence-electron chi connectivity index (χ0n) is 24.4. The number of aliphatic hydroxyl groups is 1. The van der Waals surface area contributed by atoms with Crippen LogP contribution in [0.3, 0.4) is 0 Å². The lowest BCUT2D eigenvalue weighted by molar-refractivity contribution is -0.149. The molecule has 0 aromatic heterocycles. The van der Waals surface area contributed by atoms with E-state index in [4.69, 9.17) is 9.47 Å². The lowest BCUT2D eigenvalue weighted by Crippen LogP contribution is -2.54. The zero-order chi connectivity index (χ0) is 30.2. The molecule has 9 heteroatoms. The Morgan fingerprint density at radius 2 is 1.67 bits per heavy atom. The van der Waals surface area contributed by atoms with Crippen molar-refractivity contribution in [1.29, 1.82) is 0 Å². The summed E-state index contributed by atoms with van der Waals surface area (Å²) >= 11 is 0. The summed E-state index contributed by atoms with van der Waals surface area (Å²) < 4.78 is 12.1. The van der Waals surface area contributed by atoms with Gasteiger partial charge in [-0.15, -0.1) is 0 Å². The van der Waals surface area contributed by atoms with Gasteiger partial charge >= 0.3 is 0 Å². The number of hydrogen-bond acceptors (Lipinski definition) is 6. The summed E-state index contributed by atoms with van der Waals surface area (Å²) in [5.74, 6) is -2.05. The summed E-state index contributed by atoms with van der Waals surface area (Å²) in [4.78, 5) is 44.3. The minimum Gasteiger partial charge on any atom is -0.497 e. The van der Waals surface area contributed by atoms with Gasteiger partial charge in [-0.25, -0.2) is 0 Å². The molecule has 2 unspecified atom stereocenters. The van der Waals surface area contributed by atoms with Gasteiger partial charge in [-0.05, 0) is 54.7 Å². The van der Waals surface area contributed by atoms with E-state index >= 15 is 0 Å². The molecule has 224 valence electrons. The largest absolute Gasteiger partial charge is 0.497 e. The molecule has 3 amide bonds. The predicted octanol–water partition coefficient (Wildman–Crippen LogP) is 3.84. The Labute approximate surface area is 251 Å². The van der Waals surface area contributed by atoms with Gasteiger partial charge in [0.15, 0.2) is 0 Å². The van der Waals surface area contributed by atoms with Crippen LogP contribution in [0.15, 0.2) is 84.9 Å². The maximum atomic E-state index is 14.6. The fraction of sp³-hybridized carbons (Fsp3) is 0.382. The molecule has 1 spiro atoms. The third-order valence-electron chi connectivity index (χ3n) is 9.51. The number of amides is 3. The first-order valence-corrected chi connectivity index (χ1v) is 14.8. The molecular formula is C34H37N3O6. The number of carbonyl (C=O) groups excluding carboxylic acids is 3. The highest BCUT2D eigenvalue weighted by atomic mass is 16.5. The van der Waals surface area contributed by atoms with Crippen LogP contribution in [0, 0.1) is 11.8 Å². The second-order valence-corrected chi connectivity index (χ2v) is 11.6. The first-order chi connectivity index (χ1) is 20.9. The maximum absolute atomic E-state index is 14.6. The minimum absolute atomic E-state index is 0.262. The van der Waals surface area contributed by atoms with Gasteiger partial charge in [-0.1, -0.05) is 67.6 Å². The maximum Gasteiger partial charge on any atom is 0.250 e. The van der Waals surface area contributed by atoms with Crippen molar-refractivity contribution < 1.29 is 29.0 Å². The fourth-order valence-corrected chi connectivity index (χ4v) is 7.50. The van der Waals surface area contributed by atoms with Gasteiger partial charge < -0.3 is 30.1 Å². The Hall–Kier alpha value is -4.21. The number of ether oxygens (including phenoxy) is 2. The summed E-state index contributed by atoms with van der Waals surface area (Å²) in [7, 11) is 1.57. The number of carbonyl (C=O) groups is 3. The average molecular weight is 584 g/mol. The monoisotopic (exact) mass is 583 g/mol. The van der Waals surface area contributed by atoms with Gasteiger partial charge in [-0.2, -0.15) is 0 Å². The zero-order valence-corrected chi connectivity index (χ0v) is 24.4. The van der Waals surface area contributed by atoms with Gasteiger partial charge in [0.2, 0.25) is 17.7 Å². The molecule has 3 heterocycles. The van der Waals surface area contributed by atoms with Crippen LogP contribution < -0.4 is 15.4 Å². The predicted molar refractivity (Wildman–Crippen MR) is 160 cm³/mol. The summed E-state index contributed by atoms with van der Waals surface area (Å²) in [5, 5.41) is 16.7. The molecule has 3 aromatic rings. The Morgan fingerprint density at radius 3 is 2.30 bits per heavy atom. The Balaban J connectivity index is 1.39. The number of benzene rings is 3. The molecule has 9 nitrogen and oxygen atoms in total. The van der Waals surface area contributed by atoms with Crippen LogP contribution in [0.5, 0.6) is 5.75 Å². The smallest absolute Gasteiger partial charge is 0.250 e. The average Bonchev–Trinajstić information content (AvgIpc) is 3.65. The van der Waals surface area contributed by atoms with E-state index in [1.807, 2.05) is 67.6 Å². The number of likely N-dealkylation sites (tertiary alicyclic amines) is 1. The van der Waals surface area contributed by atoms with Crippen LogP contribution >= 0.6 is 0 Å². The third kappa shape index (κ3) is 4.77. The van der Waals surface area contributed by atoms with Crippen molar-refractivity contribution in [2.75, 3.05) is 19.0 Å². The normalized spacial score (nSPS) is 27.9. The van der Waals surface area contributed by atoms with Crippen molar-refractivity contribution in [3.05, 3.63) is 96.1 Å². The van der Waals surface area contributed by atoms with E-state index in [0.717, 1.165) is 5.56 Å². The van der Waals surface area contributed by atoms with Crippen LogP contribution in [0.2, 0.25) is 0 Å². The number of nitrogens with one attached hydrogen (secondary N) is 2. The molecule has 0 aliphatic carbocycles. The number of hydrogen-bond donors (Lipinski definition) is 3. The lowest BCUT2D eigenvalue weighted by Gasteiger charge is -2.37. The second kappa shape index (κ2) is 11.5. The standard InChI is InChI=1S/C34H37N3O6/c1-3-33-18-19-34(43-33)28(27(33)30(39)35-20-22-10-6-4-7-11-22)32(41)37(26(21-38)23-12-8-5-9-13-23)29(34)31(40)36-24-14-16-25(42-2)17-15-24/h4-17,26-29,38H,3,18-21H2,1-2H3,(H,35,39)(H,36,40)/t26-,27-,28+,29?,33+,34?/m1/s1. The molecular weight excluding hydrogens is 546 g/mol. The first kappa shape index (κ1) is 28.9. The molecule has 6 atom stereocenters. The number of fused-ring (bicyclic) bond motifs is 1. The van der Waals surface area contributed by atoms with Crippen LogP contribution in [0.1, 0.15) is 43.4 Å². The number of nitrogens with zero attached hydrogens (tertiary/aromatic N) is 1. The van der Waals surface area contributed by atoms with E-state index in [9.17, 15) is 19.5 Å². The molecule has 3 fully saturated rings. The SMILES string of the molecule is CC[C@@]12CCC3(O1)C(C(=O)Nc1ccc(OC)cc1)N([C@H](CO)c1ccccc1)C(=O)[C@@H]3[C@@H]2C(=O)NCc1ccccc1. The summed E-state index contributed by atoms with van der Waals surface area (Å²) in [5.41, 5.74) is 0.0872. The Kier molecular flexibility index (Phi) is 7.70. The van der Waals surface area contributed by atoms with Gasteiger partial charge in [0.05, 0.1) is 37.2 Å². The highest BCUT2D eigenvalue weighted by molar-refractivity contribution is 6.04. The van der Waals surface area contributed by atoms with Crippen molar-refractivity contribution in [3.63, 3.8) is 0 Å². The van der Waals surface area contributed by atoms with Gasteiger partial charge in [0, 0.05) is 12.2 Å². The number of rotatable bonds is 10. The second-order valence-electron chi connectivity index (χ2n) is 11.6. The van der Waals surface area contributed by atoms with Crippen molar-refractivity contribution in [2.24, 2.45) is 11.8 Å². The van der Waals surface area contributed by atoms with Crippen molar-refractivity contribution in [1.82, 2.24) is 10.2 Å². The first-order valence-electron chi connectivity index (χ1n) is 14.8.